The van der Waals surface area contributed by atoms with E-state index >= 15 is 0 Å². The Morgan fingerprint density at radius 2 is 1.76 bits per heavy atom. The van der Waals surface area contributed by atoms with Gasteiger partial charge in [-0.05, 0) is 36.7 Å². The number of benzene rings is 2. The van der Waals surface area contributed by atoms with Gasteiger partial charge in [0.05, 0.1) is 6.04 Å². The van der Waals surface area contributed by atoms with Crippen LogP contribution in [0.4, 0.5) is 0 Å². The van der Waals surface area contributed by atoms with E-state index in [0.717, 1.165) is 48.1 Å². The van der Waals surface area contributed by atoms with Gasteiger partial charge < -0.3 is 20.1 Å². The highest BCUT2D eigenvalue weighted by atomic mass is 16.2. The van der Waals surface area contributed by atoms with Crippen LogP contribution in [0.2, 0.25) is 0 Å². The van der Waals surface area contributed by atoms with Crippen molar-refractivity contribution in [2.75, 3.05) is 26.2 Å². The number of hydrogen-bond donors (Lipinski definition) is 2. The van der Waals surface area contributed by atoms with E-state index in [1.54, 1.807) is 0 Å². The first-order chi connectivity index (χ1) is 16.5. The number of amides is 2. The standard InChI is InChI=1S/C28H36N4O2/c1-5-19(4)25(27(33)29-16-17-31(6-2)7-3)32-26(21-13-8-9-14-22(21)28(32)34)23-18-30-24-15-11-10-12-20(23)24/h8-15,18-19,25-26,30H,5-7,16-17H2,1-4H3,(H,29,33). The van der Waals surface area contributed by atoms with Gasteiger partial charge in [0, 0.05) is 41.3 Å². The molecule has 6 heteroatoms. The maximum Gasteiger partial charge on any atom is 0.255 e. The molecule has 0 bridgehead atoms. The second kappa shape index (κ2) is 10.4. The zero-order valence-electron chi connectivity index (χ0n) is 20.7. The molecule has 3 aromatic rings. The first kappa shape index (κ1) is 24.0. The summed E-state index contributed by atoms with van der Waals surface area (Å²) < 4.78 is 0. The van der Waals surface area contributed by atoms with Gasteiger partial charge in [-0.15, -0.1) is 0 Å². The molecule has 6 nitrogen and oxygen atoms in total. The average molecular weight is 461 g/mol. The summed E-state index contributed by atoms with van der Waals surface area (Å²) in [5.74, 6) is -0.137. The van der Waals surface area contributed by atoms with Crippen LogP contribution >= 0.6 is 0 Å². The lowest BCUT2D eigenvalue weighted by molar-refractivity contribution is -0.127. The van der Waals surface area contributed by atoms with Crippen LogP contribution in [0.5, 0.6) is 0 Å². The number of nitrogens with zero attached hydrogens (tertiary/aromatic N) is 2. The van der Waals surface area contributed by atoms with E-state index in [4.69, 9.17) is 0 Å². The maximum atomic E-state index is 13.8. The molecule has 2 N–H and O–H groups in total. The van der Waals surface area contributed by atoms with Crippen LogP contribution in [0.1, 0.15) is 61.6 Å². The van der Waals surface area contributed by atoms with Crippen LogP contribution in [0.15, 0.2) is 54.7 Å². The zero-order valence-corrected chi connectivity index (χ0v) is 20.7. The number of aromatic nitrogens is 1. The Balaban J connectivity index is 1.73. The van der Waals surface area contributed by atoms with Gasteiger partial charge in [0.1, 0.15) is 6.04 Å². The van der Waals surface area contributed by atoms with E-state index in [1.807, 2.05) is 53.6 Å². The van der Waals surface area contributed by atoms with Gasteiger partial charge in [-0.2, -0.15) is 0 Å². The Morgan fingerprint density at radius 3 is 2.50 bits per heavy atom. The molecule has 34 heavy (non-hydrogen) atoms. The molecule has 3 unspecified atom stereocenters. The molecule has 180 valence electrons. The van der Waals surface area contributed by atoms with Crippen LogP contribution in [-0.2, 0) is 4.79 Å². The Morgan fingerprint density at radius 1 is 1.06 bits per heavy atom. The Kier molecular flexibility index (Phi) is 7.37. The number of nitrogens with one attached hydrogen (secondary N) is 2. The van der Waals surface area contributed by atoms with Crippen molar-refractivity contribution in [2.24, 2.45) is 5.92 Å². The van der Waals surface area contributed by atoms with Crippen LogP contribution in [-0.4, -0.2) is 58.8 Å². The van der Waals surface area contributed by atoms with Crippen molar-refractivity contribution in [3.05, 3.63) is 71.4 Å². The van der Waals surface area contributed by atoms with Gasteiger partial charge in [0.15, 0.2) is 0 Å². The quantitative estimate of drug-likeness (QED) is 0.465. The van der Waals surface area contributed by atoms with E-state index in [1.165, 1.54) is 0 Å². The molecule has 0 radical (unpaired) electrons. The van der Waals surface area contributed by atoms with E-state index in [-0.39, 0.29) is 23.8 Å². The lowest BCUT2D eigenvalue weighted by Gasteiger charge is -2.36. The molecule has 0 fully saturated rings. The molecule has 2 heterocycles. The highest BCUT2D eigenvalue weighted by molar-refractivity contribution is 6.03. The van der Waals surface area contributed by atoms with Crippen molar-refractivity contribution >= 4 is 22.7 Å². The summed E-state index contributed by atoms with van der Waals surface area (Å²) >= 11 is 0. The number of rotatable bonds is 10. The number of carbonyl (C=O) groups is 2. The van der Waals surface area contributed by atoms with Gasteiger partial charge in [-0.25, -0.2) is 0 Å². The zero-order chi connectivity index (χ0) is 24.2. The fourth-order valence-electron chi connectivity index (χ4n) is 5.12. The molecule has 0 aliphatic carbocycles. The summed E-state index contributed by atoms with van der Waals surface area (Å²) in [6.07, 6.45) is 2.79. The molecular weight excluding hydrogens is 424 g/mol. The van der Waals surface area contributed by atoms with Crippen LogP contribution < -0.4 is 5.32 Å². The summed E-state index contributed by atoms with van der Waals surface area (Å²) in [6.45, 7) is 11.7. The van der Waals surface area contributed by atoms with E-state index in [2.05, 4.69) is 49.0 Å². The summed E-state index contributed by atoms with van der Waals surface area (Å²) in [5, 5.41) is 4.22. The Hall–Kier alpha value is -3.12. The SMILES string of the molecule is CCC(C)C(C(=O)NCCN(CC)CC)N1C(=O)c2ccccc2C1c1c[nH]c2ccccc12. The predicted molar refractivity (Wildman–Crippen MR) is 137 cm³/mol. The highest BCUT2D eigenvalue weighted by Gasteiger charge is 2.46. The largest absolute Gasteiger partial charge is 0.361 e. The molecule has 1 aliphatic heterocycles. The predicted octanol–water partition coefficient (Wildman–Crippen LogP) is 4.59. The topological polar surface area (TPSA) is 68.4 Å². The lowest BCUT2D eigenvalue weighted by Crippen LogP contribution is -2.52. The first-order valence-corrected chi connectivity index (χ1v) is 12.5. The summed E-state index contributed by atoms with van der Waals surface area (Å²) in [7, 11) is 0. The number of fused-ring (bicyclic) bond motifs is 2. The highest BCUT2D eigenvalue weighted by Crippen LogP contribution is 2.43. The second-order valence-electron chi connectivity index (χ2n) is 9.14. The van der Waals surface area contributed by atoms with Crippen LogP contribution in [0.25, 0.3) is 10.9 Å². The summed E-state index contributed by atoms with van der Waals surface area (Å²) in [4.78, 5) is 34.9. The third kappa shape index (κ3) is 4.34. The number of hydrogen-bond acceptors (Lipinski definition) is 3. The minimum Gasteiger partial charge on any atom is -0.361 e. The molecule has 2 amide bonds. The fourth-order valence-corrected chi connectivity index (χ4v) is 5.12. The van der Waals surface area contributed by atoms with Crippen molar-refractivity contribution < 1.29 is 9.59 Å². The number of para-hydroxylation sites is 1. The average Bonchev–Trinajstić information content (AvgIpc) is 3.41. The summed E-state index contributed by atoms with van der Waals surface area (Å²) in [5.41, 5.74) is 3.69. The molecule has 0 spiro atoms. The number of H-pyrrole nitrogens is 1. The summed E-state index contributed by atoms with van der Waals surface area (Å²) in [6, 6.07) is 15.0. The van der Waals surface area contributed by atoms with Crippen LogP contribution in [0.3, 0.4) is 0 Å². The van der Waals surface area contributed by atoms with Gasteiger partial charge in [0.2, 0.25) is 5.91 Å². The molecule has 1 aromatic heterocycles. The normalized spacial score (nSPS) is 17.3. The monoisotopic (exact) mass is 460 g/mol. The molecule has 2 aromatic carbocycles. The maximum absolute atomic E-state index is 13.8. The minimum atomic E-state index is -0.555. The van der Waals surface area contributed by atoms with Crippen molar-refractivity contribution in [3.8, 4) is 0 Å². The van der Waals surface area contributed by atoms with E-state index in [9.17, 15) is 9.59 Å². The number of carbonyl (C=O) groups excluding carboxylic acids is 2. The molecule has 0 saturated heterocycles. The molecule has 4 rings (SSSR count). The van der Waals surface area contributed by atoms with Gasteiger partial charge >= 0.3 is 0 Å². The van der Waals surface area contributed by atoms with E-state index < -0.39 is 6.04 Å². The molecular formula is C28H36N4O2. The molecule has 1 aliphatic rings. The van der Waals surface area contributed by atoms with Crippen molar-refractivity contribution in [1.82, 2.24) is 20.1 Å². The van der Waals surface area contributed by atoms with Gasteiger partial charge in [-0.1, -0.05) is 70.5 Å². The minimum absolute atomic E-state index is 0.0134. The second-order valence-corrected chi connectivity index (χ2v) is 9.14. The Labute approximate surface area is 202 Å². The lowest BCUT2D eigenvalue weighted by atomic mass is 9.92. The number of likely N-dealkylation sites (N-methyl/N-ethyl adjacent to an activating group) is 1. The number of aromatic amines is 1. The molecule has 0 saturated carbocycles. The van der Waals surface area contributed by atoms with Crippen LogP contribution in [0, 0.1) is 5.92 Å². The first-order valence-electron chi connectivity index (χ1n) is 12.5. The third-order valence-corrected chi connectivity index (χ3v) is 7.29. The Bertz CT molecular complexity index is 1150. The smallest absolute Gasteiger partial charge is 0.255 e. The van der Waals surface area contributed by atoms with Gasteiger partial charge in [0.25, 0.3) is 5.91 Å². The van der Waals surface area contributed by atoms with Crippen molar-refractivity contribution in [1.29, 1.82) is 0 Å². The molecule has 3 atom stereocenters. The van der Waals surface area contributed by atoms with Crippen molar-refractivity contribution in [3.63, 3.8) is 0 Å². The van der Waals surface area contributed by atoms with Crippen molar-refractivity contribution in [2.45, 2.75) is 46.2 Å². The third-order valence-electron chi connectivity index (χ3n) is 7.29. The fraction of sp³-hybridized carbons (Fsp3) is 0.429. The van der Waals surface area contributed by atoms with E-state index in [0.29, 0.717) is 12.1 Å². The van der Waals surface area contributed by atoms with Gasteiger partial charge in [-0.3, -0.25) is 9.59 Å².